The van der Waals surface area contributed by atoms with Crippen molar-refractivity contribution in [2.75, 3.05) is 13.1 Å². The fraction of sp³-hybridized carbons (Fsp3) is 0.412. The maximum absolute atomic E-state index is 13.9. The lowest BCUT2D eigenvalue weighted by atomic mass is 10.0. The second kappa shape index (κ2) is 6.12. The van der Waals surface area contributed by atoms with E-state index in [-0.39, 0.29) is 17.6 Å². The van der Waals surface area contributed by atoms with E-state index in [9.17, 15) is 14.3 Å². The molecular weight excluding hydrogens is 297 g/mol. The van der Waals surface area contributed by atoms with Crippen LogP contribution in [0.3, 0.4) is 0 Å². The number of aliphatic hydroxyl groups excluding tert-OH is 1. The van der Waals surface area contributed by atoms with Crippen LogP contribution in [0.2, 0.25) is 0 Å². The molecule has 0 saturated carbocycles. The molecule has 6 heteroatoms. The van der Waals surface area contributed by atoms with E-state index >= 15 is 0 Å². The molecule has 0 spiro atoms. The van der Waals surface area contributed by atoms with Gasteiger partial charge in [0.25, 0.3) is 5.91 Å². The van der Waals surface area contributed by atoms with Crippen molar-refractivity contribution >= 4 is 5.91 Å². The molecule has 23 heavy (non-hydrogen) atoms. The summed E-state index contributed by atoms with van der Waals surface area (Å²) in [6.45, 7) is 4.68. The lowest BCUT2D eigenvalue weighted by Crippen LogP contribution is -2.30. The van der Waals surface area contributed by atoms with Crippen molar-refractivity contribution in [1.29, 1.82) is 0 Å². The molecule has 0 aliphatic carbocycles. The van der Waals surface area contributed by atoms with E-state index in [1.807, 2.05) is 0 Å². The maximum Gasteiger partial charge on any atom is 0.257 e. The van der Waals surface area contributed by atoms with E-state index < -0.39 is 6.10 Å². The smallest absolute Gasteiger partial charge is 0.257 e. The number of aromatic nitrogens is 2. The summed E-state index contributed by atoms with van der Waals surface area (Å²) in [6, 6.07) is 6.34. The summed E-state index contributed by atoms with van der Waals surface area (Å²) in [5.74, 6) is -0.387. The van der Waals surface area contributed by atoms with E-state index in [0.717, 1.165) is 6.42 Å². The topological polar surface area (TPSA) is 58.4 Å². The lowest BCUT2D eigenvalue weighted by molar-refractivity contribution is 0.0761. The molecule has 0 radical (unpaired) electrons. The second-order valence-corrected chi connectivity index (χ2v) is 6.05. The van der Waals surface area contributed by atoms with E-state index in [2.05, 4.69) is 5.10 Å². The van der Waals surface area contributed by atoms with Crippen LogP contribution in [0.15, 0.2) is 30.5 Å². The molecule has 1 amide bonds. The predicted octanol–water partition coefficient (Wildman–Crippen LogP) is 2.16. The van der Waals surface area contributed by atoms with Crippen LogP contribution in [-0.4, -0.2) is 44.9 Å². The van der Waals surface area contributed by atoms with Crippen molar-refractivity contribution in [3.05, 3.63) is 47.5 Å². The predicted molar refractivity (Wildman–Crippen MR) is 84.0 cm³/mol. The van der Waals surface area contributed by atoms with Gasteiger partial charge in [-0.25, -0.2) is 9.07 Å². The van der Waals surface area contributed by atoms with Crippen molar-refractivity contribution in [2.24, 2.45) is 5.92 Å². The summed E-state index contributed by atoms with van der Waals surface area (Å²) in [5.41, 5.74) is 1.41. The van der Waals surface area contributed by atoms with Crippen molar-refractivity contribution in [1.82, 2.24) is 14.7 Å². The quantitative estimate of drug-likeness (QED) is 0.944. The van der Waals surface area contributed by atoms with Gasteiger partial charge in [0.05, 0.1) is 23.6 Å². The molecule has 1 aromatic carbocycles. The van der Waals surface area contributed by atoms with Gasteiger partial charge in [0.1, 0.15) is 11.5 Å². The van der Waals surface area contributed by atoms with Gasteiger partial charge in [0.15, 0.2) is 0 Å². The molecule has 0 bridgehead atoms. The Morgan fingerprint density at radius 1 is 1.43 bits per heavy atom. The summed E-state index contributed by atoms with van der Waals surface area (Å²) >= 11 is 0. The van der Waals surface area contributed by atoms with Crippen LogP contribution in [0.1, 0.15) is 29.4 Å². The minimum atomic E-state index is -0.421. The zero-order valence-electron chi connectivity index (χ0n) is 13.2. The molecule has 2 unspecified atom stereocenters. The van der Waals surface area contributed by atoms with E-state index in [1.54, 1.807) is 36.9 Å². The number of carbonyl (C=O) groups excluding carboxylic acids is 1. The molecule has 2 atom stereocenters. The molecule has 1 saturated heterocycles. The van der Waals surface area contributed by atoms with Gasteiger partial charge < -0.3 is 10.0 Å². The SMILES string of the molecule is Cc1c(C(=O)N2CCC(C(C)O)C2)cnn1-c1ccccc1F. The first-order chi connectivity index (χ1) is 11.0. The van der Waals surface area contributed by atoms with Crippen LogP contribution in [0.4, 0.5) is 4.39 Å². The van der Waals surface area contributed by atoms with Gasteiger partial charge in [0, 0.05) is 19.0 Å². The number of likely N-dealkylation sites (tertiary alicyclic amines) is 1. The molecule has 2 aromatic rings. The average molecular weight is 317 g/mol. The van der Waals surface area contributed by atoms with Crippen LogP contribution in [0.5, 0.6) is 0 Å². The number of nitrogens with zero attached hydrogens (tertiary/aromatic N) is 3. The molecule has 1 aliphatic rings. The summed E-state index contributed by atoms with van der Waals surface area (Å²) in [7, 11) is 0. The third-order valence-electron chi connectivity index (χ3n) is 4.51. The monoisotopic (exact) mass is 317 g/mol. The van der Waals surface area contributed by atoms with E-state index in [4.69, 9.17) is 0 Å². The van der Waals surface area contributed by atoms with Crippen LogP contribution in [0, 0.1) is 18.7 Å². The highest BCUT2D eigenvalue weighted by atomic mass is 19.1. The highest BCUT2D eigenvalue weighted by Crippen LogP contribution is 2.23. The Labute approximate surface area is 134 Å². The van der Waals surface area contributed by atoms with Crippen molar-refractivity contribution in [3.63, 3.8) is 0 Å². The van der Waals surface area contributed by atoms with Gasteiger partial charge in [-0.3, -0.25) is 4.79 Å². The van der Waals surface area contributed by atoms with Crippen LogP contribution in [0.25, 0.3) is 5.69 Å². The van der Waals surface area contributed by atoms with E-state index in [1.165, 1.54) is 16.9 Å². The van der Waals surface area contributed by atoms with Gasteiger partial charge >= 0.3 is 0 Å². The summed E-state index contributed by atoms with van der Waals surface area (Å²) < 4.78 is 15.4. The molecule has 5 nitrogen and oxygen atoms in total. The third kappa shape index (κ3) is 2.86. The Morgan fingerprint density at radius 2 is 2.17 bits per heavy atom. The molecular formula is C17H20FN3O2. The zero-order valence-corrected chi connectivity index (χ0v) is 13.2. The molecule has 122 valence electrons. The Bertz CT molecular complexity index is 726. The number of hydrogen-bond donors (Lipinski definition) is 1. The minimum absolute atomic E-state index is 0.112. The Kier molecular flexibility index (Phi) is 4.17. The molecule has 1 aliphatic heterocycles. The van der Waals surface area contributed by atoms with E-state index in [0.29, 0.717) is 30.0 Å². The van der Waals surface area contributed by atoms with Crippen molar-refractivity contribution in [3.8, 4) is 5.69 Å². The molecule has 1 aromatic heterocycles. The highest BCUT2D eigenvalue weighted by Gasteiger charge is 2.31. The van der Waals surface area contributed by atoms with Gasteiger partial charge in [-0.1, -0.05) is 12.1 Å². The lowest BCUT2D eigenvalue weighted by Gasteiger charge is -2.17. The summed E-state index contributed by atoms with van der Waals surface area (Å²) in [5, 5.41) is 13.8. The van der Waals surface area contributed by atoms with Gasteiger partial charge in [0.2, 0.25) is 0 Å². The summed E-state index contributed by atoms with van der Waals surface area (Å²) in [6.07, 6.45) is 1.86. The normalized spacial score (nSPS) is 19.1. The number of aliphatic hydroxyl groups is 1. The number of rotatable bonds is 3. The van der Waals surface area contributed by atoms with Gasteiger partial charge in [-0.15, -0.1) is 0 Å². The molecule has 2 heterocycles. The average Bonchev–Trinajstić information content (AvgIpc) is 3.14. The second-order valence-electron chi connectivity index (χ2n) is 6.05. The number of hydrogen-bond acceptors (Lipinski definition) is 3. The number of para-hydroxylation sites is 1. The molecule has 1 N–H and O–H groups in total. The first kappa shape index (κ1) is 15.7. The fourth-order valence-electron chi connectivity index (χ4n) is 3.02. The van der Waals surface area contributed by atoms with Crippen LogP contribution < -0.4 is 0 Å². The van der Waals surface area contributed by atoms with Crippen molar-refractivity contribution in [2.45, 2.75) is 26.4 Å². The fourth-order valence-corrected chi connectivity index (χ4v) is 3.02. The number of carbonyl (C=O) groups is 1. The molecule has 3 rings (SSSR count). The van der Waals surface area contributed by atoms with Crippen molar-refractivity contribution < 1.29 is 14.3 Å². The third-order valence-corrected chi connectivity index (χ3v) is 4.51. The van der Waals surface area contributed by atoms with Gasteiger partial charge in [-0.2, -0.15) is 5.10 Å². The van der Waals surface area contributed by atoms with Crippen LogP contribution >= 0.6 is 0 Å². The summed E-state index contributed by atoms with van der Waals surface area (Å²) in [4.78, 5) is 14.4. The first-order valence-corrected chi connectivity index (χ1v) is 7.76. The largest absolute Gasteiger partial charge is 0.393 e. The highest BCUT2D eigenvalue weighted by molar-refractivity contribution is 5.95. The Morgan fingerprint density at radius 3 is 2.83 bits per heavy atom. The maximum atomic E-state index is 13.9. The minimum Gasteiger partial charge on any atom is -0.393 e. The van der Waals surface area contributed by atoms with Gasteiger partial charge in [-0.05, 0) is 32.4 Å². The number of amides is 1. The first-order valence-electron chi connectivity index (χ1n) is 7.76. The number of halogens is 1. The number of benzene rings is 1. The van der Waals surface area contributed by atoms with Crippen LogP contribution in [-0.2, 0) is 0 Å². The Balaban J connectivity index is 1.85. The zero-order chi connectivity index (χ0) is 16.6. The Hall–Kier alpha value is -2.21. The molecule has 1 fully saturated rings. The standard InChI is InChI=1S/C17H20FN3O2/c1-11-14(17(23)20-8-7-13(10-20)12(2)22)9-19-21(11)16-6-4-3-5-15(16)18/h3-6,9,12-13,22H,7-8,10H2,1-2H3.